The Morgan fingerprint density at radius 1 is 1.05 bits per heavy atom. The number of amides is 1. The number of hydrogen-bond donors (Lipinski definition) is 0. The molecule has 1 atom stereocenters. The molecular weight excluding hydrogens is 773 g/mol. The van der Waals surface area contributed by atoms with E-state index in [0.717, 1.165) is 86.6 Å². The summed E-state index contributed by atoms with van der Waals surface area (Å²) < 4.78 is 60.3. The van der Waals surface area contributed by atoms with Crippen molar-refractivity contribution in [3.63, 3.8) is 0 Å². The van der Waals surface area contributed by atoms with E-state index in [4.69, 9.17) is 38.8 Å². The molecule has 0 N–H and O–H groups in total. The third kappa shape index (κ3) is 8.76. The fraction of sp³-hybridized carbons (Fsp3) is 0.600. The van der Waals surface area contributed by atoms with Gasteiger partial charge >= 0.3 is 12.1 Å². The Hall–Kier alpha value is -4.60. The van der Waals surface area contributed by atoms with E-state index in [2.05, 4.69) is 16.4 Å². The number of carbonyl (C=O) groups is 1. The van der Waals surface area contributed by atoms with E-state index in [1.54, 1.807) is 18.1 Å². The molecule has 0 bridgehead atoms. The van der Waals surface area contributed by atoms with E-state index in [1.165, 1.54) is 0 Å². The number of carbonyl (C=O) groups excluding carboxylic acids is 1. The first-order valence-electron chi connectivity index (χ1n) is 21.5. The number of halogens is 2. The van der Waals surface area contributed by atoms with Gasteiger partial charge in [-0.05, 0) is 101 Å². The van der Waals surface area contributed by atoms with Crippen LogP contribution in [-0.2, 0) is 14.2 Å². The first kappa shape index (κ1) is 42.1. The quantitative estimate of drug-likeness (QED) is 0.137. The Bertz CT molecular complexity index is 2180. The van der Waals surface area contributed by atoms with Gasteiger partial charge in [-0.15, -0.1) is 0 Å². The lowest BCUT2D eigenvalue weighted by molar-refractivity contribution is -0.0434. The van der Waals surface area contributed by atoms with Crippen LogP contribution in [0.1, 0.15) is 83.1 Å². The highest BCUT2D eigenvalue weighted by molar-refractivity contribution is 6.07. The highest BCUT2D eigenvalue weighted by Crippen LogP contribution is 2.48. The number of nitrogens with zero attached hydrogens (tertiary/aromatic N) is 7. The molecule has 8 rings (SSSR count). The van der Waals surface area contributed by atoms with Crippen LogP contribution >= 0.6 is 0 Å². The number of aryl methyl sites for hydroxylation is 1. The van der Waals surface area contributed by atoms with E-state index in [-0.39, 0.29) is 35.6 Å². The summed E-state index contributed by atoms with van der Waals surface area (Å²) in [5.74, 6) is 0.878. The largest absolute Gasteiger partial charge is 0.485 e. The highest BCUT2D eigenvalue weighted by Gasteiger charge is 2.48. The maximum atomic E-state index is 14.2. The summed E-state index contributed by atoms with van der Waals surface area (Å²) in [6, 6.07) is 6.26. The highest BCUT2D eigenvalue weighted by atomic mass is 19.3. The number of methoxy groups -OCH3 is 1. The number of piperidine rings is 2. The van der Waals surface area contributed by atoms with Crippen LogP contribution in [0.4, 0.5) is 19.4 Å². The number of alkyl halides is 2. The zero-order chi connectivity index (χ0) is 42.2. The molecule has 0 aliphatic carbocycles. The number of ether oxygens (including phenoxy) is 5. The smallest absolute Gasteiger partial charge is 0.410 e. The minimum atomic E-state index is -2.73. The van der Waals surface area contributed by atoms with E-state index >= 15 is 0 Å². The summed E-state index contributed by atoms with van der Waals surface area (Å²) in [6.45, 7) is 17.5. The minimum Gasteiger partial charge on any atom is -0.485 e. The average Bonchev–Trinajstić information content (AvgIpc) is 3.65. The van der Waals surface area contributed by atoms with Crippen molar-refractivity contribution in [2.75, 3.05) is 77.6 Å². The molecular formula is C45H59F2N7O6. The lowest BCUT2D eigenvalue weighted by Gasteiger charge is -2.53. The molecule has 0 radical (unpaired) electrons. The Morgan fingerprint density at radius 3 is 2.48 bits per heavy atom. The van der Waals surface area contributed by atoms with Crippen molar-refractivity contribution >= 4 is 39.8 Å². The van der Waals surface area contributed by atoms with Gasteiger partial charge in [0.1, 0.15) is 29.6 Å². The molecule has 60 heavy (non-hydrogen) atoms. The van der Waals surface area contributed by atoms with Crippen molar-refractivity contribution in [2.24, 2.45) is 5.41 Å². The van der Waals surface area contributed by atoms with Gasteiger partial charge in [0.25, 0.3) is 6.43 Å². The van der Waals surface area contributed by atoms with Crippen molar-refractivity contribution in [2.45, 2.75) is 97.0 Å². The van der Waals surface area contributed by atoms with Gasteiger partial charge in [0, 0.05) is 81.3 Å². The lowest BCUT2D eigenvalue weighted by Crippen LogP contribution is -2.62. The van der Waals surface area contributed by atoms with Crippen molar-refractivity contribution in [1.29, 1.82) is 0 Å². The molecule has 324 valence electrons. The molecule has 4 aliphatic heterocycles. The number of likely N-dealkylation sites (tertiary alicyclic amines) is 2. The molecule has 1 unspecified atom stereocenters. The molecule has 4 saturated heterocycles. The van der Waals surface area contributed by atoms with Crippen LogP contribution in [0.5, 0.6) is 11.8 Å². The summed E-state index contributed by atoms with van der Waals surface area (Å²) in [7, 11) is 1.71. The standard InChI is InChI=1S/C45H59F2N7O6/c1-7-30-24-32-39(40(58-26-35(46)47)38(30)37-29(2)11-12-34-33(37)25-48-54(34)36-10-8-9-22-57-36)49-42(59-31-13-17-51(18-14-31)21-23-56-6)50-41(32)52-19-15-45(16-20-52)27-53(28-45)43(55)60-44(3,4)5/h7,11-12,24-25,31,35-36H,1,8-10,13-23,26-28H2,2-6H3. The number of benzene rings is 2. The Morgan fingerprint density at radius 2 is 1.82 bits per heavy atom. The molecule has 1 spiro atoms. The third-order valence-electron chi connectivity index (χ3n) is 12.4. The van der Waals surface area contributed by atoms with Crippen molar-refractivity contribution in [3.05, 3.63) is 42.1 Å². The topological polar surface area (TPSA) is 117 Å². The number of rotatable bonds is 12. The van der Waals surface area contributed by atoms with Gasteiger partial charge in [-0.25, -0.2) is 18.3 Å². The van der Waals surface area contributed by atoms with Gasteiger partial charge in [-0.3, -0.25) is 0 Å². The molecule has 15 heteroatoms. The molecule has 4 fully saturated rings. The lowest BCUT2D eigenvalue weighted by atomic mass is 9.72. The Kier molecular flexibility index (Phi) is 12.2. The zero-order valence-corrected chi connectivity index (χ0v) is 35.7. The normalized spacial score (nSPS) is 20.2. The minimum absolute atomic E-state index is 0.0132. The van der Waals surface area contributed by atoms with E-state index in [0.29, 0.717) is 67.2 Å². The summed E-state index contributed by atoms with van der Waals surface area (Å²) in [4.78, 5) is 29.3. The van der Waals surface area contributed by atoms with Gasteiger partial charge in [-0.2, -0.15) is 15.1 Å². The monoisotopic (exact) mass is 831 g/mol. The second-order valence-corrected chi connectivity index (χ2v) is 17.9. The van der Waals surface area contributed by atoms with Gasteiger partial charge in [0.2, 0.25) is 0 Å². The predicted molar refractivity (Wildman–Crippen MR) is 227 cm³/mol. The number of aromatic nitrogens is 4. The summed E-state index contributed by atoms with van der Waals surface area (Å²) in [5.41, 5.74) is 3.74. The fourth-order valence-corrected chi connectivity index (χ4v) is 9.28. The van der Waals surface area contributed by atoms with Gasteiger partial charge in [0.05, 0.1) is 18.3 Å². The van der Waals surface area contributed by atoms with Crippen LogP contribution in [0.2, 0.25) is 0 Å². The zero-order valence-electron chi connectivity index (χ0n) is 35.7. The van der Waals surface area contributed by atoms with Crippen molar-refractivity contribution < 1.29 is 37.3 Å². The predicted octanol–water partition coefficient (Wildman–Crippen LogP) is 8.27. The number of fused-ring (bicyclic) bond motifs is 2. The van der Waals surface area contributed by atoms with Crippen LogP contribution in [0.25, 0.3) is 39.0 Å². The van der Waals surface area contributed by atoms with E-state index < -0.39 is 18.6 Å². The molecule has 2 aromatic carbocycles. The summed E-state index contributed by atoms with van der Waals surface area (Å²) >= 11 is 0. The van der Waals surface area contributed by atoms with Crippen molar-refractivity contribution in [1.82, 2.24) is 29.5 Å². The molecule has 0 saturated carbocycles. The summed E-state index contributed by atoms with van der Waals surface area (Å²) in [6.07, 6.45) is 6.39. The van der Waals surface area contributed by atoms with Crippen LogP contribution in [0, 0.1) is 12.3 Å². The summed E-state index contributed by atoms with van der Waals surface area (Å²) in [5, 5.41) is 6.32. The van der Waals surface area contributed by atoms with Crippen LogP contribution in [0.3, 0.4) is 0 Å². The van der Waals surface area contributed by atoms with Crippen LogP contribution < -0.4 is 14.4 Å². The fourth-order valence-electron chi connectivity index (χ4n) is 9.28. The first-order chi connectivity index (χ1) is 28.8. The third-order valence-corrected chi connectivity index (χ3v) is 12.4. The molecule has 1 amide bonds. The average molecular weight is 832 g/mol. The van der Waals surface area contributed by atoms with Crippen LogP contribution in [-0.4, -0.2) is 127 Å². The second-order valence-electron chi connectivity index (χ2n) is 17.9. The van der Waals surface area contributed by atoms with Crippen molar-refractivity contribution in [3.8, 4) is 22.9 Å². The van der Waals surface area contributed by atoms with Gasteiger partial charge < -0.3 is 38.4 Å². The van der Waals surface area contributed by atoms with Gasteiger partial charge in [-0.1, -0.05) is 18.7 Å². The molecule has 2 aromatic heterocycles. The second kappa shape index (κ2) is 17.4. The van der Waals surface area contributed by atoms with E-state index in [1.807, 2.05) is 56.8 Å². The SMILES string of the molecule is C=Cc1cc2c(N3CCC4(CC3)CN(C(=O)OC(C)(C)C)C4)nc(OC3CCN(CCOC)CC3)nc2c(OCC(F)F)c1-c1c(C)ccc2c1cnn2C1CCCCO1. The maximum Gasteiger partial charge on any atom is 0.410 e. The molecule has 13 nitrogen and oxygen atoms in total. The van der Waals surface area contributed by atoms with Gasteiger partial charge in [0.15, 0.2) is 12.0 Å². The maximum absolute atomic E-state index is 14.2. The number of hydrogen-bond acceptors (Lipinski definition) is 11. The number of anilines is 1. The first-order valence-corrected chi connectivity index (χ1v) is 21.5. The Balaban J connectivity index is 1.21. The Labute approximate surface area is 350 Å². The van der Waals surface area contributed by atoms with Crippen LogP contribution in [0.15, 0.2) is 31.0 Å². The molecule has 6 heterocycles. The van der Waals surface area contributed by atoms with E-state index in [9.17, 15) is 13.6 Å². The molecule has 4 aliphatic rings. The molecule has 4 aromatic rings.